The molecule has 0 bridgehead atoms. The molecule has 0 aliphatic heterocycles. The minimum atomic E-state index is 0.998. The summed E-state index contributed by atoms with van der Waals surface area (Å²) < 4.78 is 4.49. The van der Waals surface area contributed by atoms with Crippen LogP contribution in [0.5, 0.6) is 0 Å². The second-order valence-electron chi connectivity index (χ2n) is 3.99. The molecule has 2 rings (SSSR count). The van der Waals surface area contributed by atoms with Crippen LogP contribution in [0.2, 0.25) is 0 Å². The molecule has 0 aliphatic carbocycles. The first kappa shape index (κ1) is 15.7. The second-order valence-corrected chi connectivity index (χ2v) is 4.73. The number of aryl methyl sites for hydroxylation is 3. The highest BCUT2D eigenvalue weighted by Gasteiger charge is 1.97. The van der Waals surface area contributed by atoms with Crippen molar-refractivity contribution in [2.45, 2.75) is 25.7 Å². The van der Waals surface area contributed by atoms with E-state index in [2.05, 4.69) is 26.3 Å². The van der Waals surface area contributed by atoms with Crippen molar-refractivity contribution in [1.82, 2.24) is 4.98 Å². The van der Waals surface area contributed by atoms with Gasteiger partial charge in [0.1, 0.15) is 0 Å². The van der Waals surface area contributed by atoms with Gasteiger partial charge in [-0.1, -0.05) is 24.3 Å². The number of nitrogens with two attached hydrogens (primary N) is 1. The molecule has 0 fully saturated rings. The highest BCUT2D eigenvalue weighted by atomic mass is 32.2. The van der Waals surface area contributed by atoms with E-state index in [1.807, 2.05) is 57.3 Å². The molecule has 4 nitrogen and oxygen atoms in total. The van der Waals surface area contributed by atoms with Crippen molar-refractivity contribution in [3.05, 3.63) is 59.4 Å². The minimum absolute atomic E-state index is 0.998. The second kappa shape index (κ2) is 8.66. The first-order valence-corrected chi connectivity index (χ1v) is 6.52. The van der Waals surface area contributed by atoms with Crippen LogP contribution in [0.3, 0.4) is 0 Å². The molecule has 0 unspecified atom stereocenters. The van der Waals surface area contributed by atoms with Crippen molar-refractivity contribution in [2.75, 3.05) is 0 Å². The molecule has 0 atom stereocenters. The fourth-order valence-electron chi connectivity index (χ4n) is 1.25. The number of aromatic nitrogens is 1. The van der Waals surface area contributed by atoms with Gasteiger partial charge in [-0.15, -0.1) is 9.32 Å². The van der Waals surface area contributed by atoms with Crippen molar-refractivity contribution >= 4 is 12.0 Å². The molecule has 0 aliphatic rings. The molecule has 19 heavy (non-hydrogen) atoms. The maximum absolute atomic E-state index is 4.68. The quantitative estimate of drug-likeness (QED) is 0.529. The maximum Gasteiger partial charge on any atom is 0.0705 e. The van der Waals surface area contributed by atoms with E-state index in [0.717, 1.165) is 28.2 Å². The third-order valence-corrected chi connectivity index (χ3v) is 3.10. The zero-order chi connectivity index (χ0) is 14.1. The Morgan fingerprint density at radius 1 is 1.05 bits per heavy atom. The van der Waals surface area contributed by atoms with Crippen molar-refractivity contribution in [3.8, 4) is 0 Å². The molecular weight excluding hydrogens is 260 g/mol. The molecule has 1 aromatic heterocycles. The van der Waals surface area contributed by atoms with Gasteiger partial charge in [0.05, 0.1) is 12.0 Å². The van der Waals surface area contributed by atoms with E-state index in [1.54, 1.807) is 0 Å². The third kappa shape index (κ3) is 6.35. The molecule has 0 spiro atoms. The van der Waals surface area contributed by atoms with Crippen molar-refractivity contribution in [2.24, 2.45) is 5.90 Å². The summed E-state index contributed by atoms with van der Waals surface area (Å²) in [5.74, 6) is 4.68. The maximum atomic E-state index is 4.68. The van der Waals surface area contributed by atoms with Crippen LogP contribution in [-0.2, 0) is 9.32 Å². The van der Waals surface area contributed by atoms with Gasteiger partial charge in [0.25, 0.3) is 0 Å². The Bertz CT molecular complexity index is 468. The number of pyridine rings is 1. The summed E-state index contributed by atoms with van der Waals surface area (Å²) in [4.78, 5) is 9.04. The van der Waals surface area contributed by atoms with Crippen LogP contribution >= 0.6 is 12.0 Å². The highest BCUT2D eigenvalue weighted by molar-refractivity contribution is 7.94. The number of hydrogen-bond acceptors (Lipinski definition) is 5. The Labute approximate surface area is 118 Å². The van der Waals surface area contributed by atoms with Crippen LogP contribution in [0.1, 0.15) is 16.8 Å². The molecule has 1 heterocycles. The SMILES string of the molecule is Cc1ccc(C)nc1.Cc1ccccc1SOON. The predicted octanol–water partition coefficient (Wildman–Crippen LogP) is 3.52. The molecule has 2 aromatic rings. The summed E-state index contributed by atoms with van der Waals surface area (Å²) in [7, 11) is 0. The number of nitrogens with zero attached hydrogens (tertiary/aromatic N) is 1. The van der Waals surface area contributed by atoms with Gasteiger partial charge in [0.2, 0.25) is 0 Å². The van der Waals surface area contributed by atoms with Gasteiger partial charge in [-0.05, 0) is 44.0 Å². The summed E-state index contributed by atoms with van der Waals surface area (Å²) in [5.41, 5.74) is 3.43. The lowest BCUT2D eigenvalue weighted by molar-refractivity contribution is -0.195. The van der Waals surface area contributed by atoms with Crippen LogP contribution in [0.4, 0.5) is 0 Å². The van der Waals surface area contributed by atoms with Gasteiger partial charge in [0.15, 0.2) is 0 Å². The summed E-state index contributed by atoms with van der Waals surface area (Å²) in [6, 6.07) is 11.9. The fourth-order valence-corrected chi connectivity index (χ4v) is 1.69. The molecule has 0 saturated heterocycles. The molecule has 102 valence electrons. The average molecular weight is 278 g/mol. The normalized spacial score (nSPS) is 9.68. The van der Waals surface area contributed by atoms with Gasteiger partial charge in [-0.2, -0.15) is 5.90 Å². The van der Waals surface area contributed by atoms with Crippen LogP contribution < -0.4 is 5.90 Å². The molecule has 1 aromatic carbocycles. The van der Waals surface area contributed by atoms with Gasteiger partial charge in [0, 0.05) is 16.8 Å². The molecule has 0 saturated carbocycles. The summed E-state index contributed by atoms with van der Waals surface area (Å²) in [6.45, 7) is 6.01. The lowest BCUT2D eigenvalue weighted by Crippen LogP contribution is -1.94. The molecular formula is C14H18N2O2S. The molecule has 0 amide bonds. The smallest absolute Gasteiger partial charge is 0.0705 e. The Kier molecular flexibility index (Phi) is 7.14. The zero-order valence-electron chi connectivity index (χ0n) is 11.3. The van der Waals surface area contributed by atoms with E-state index in [1.165, 1.54) is 5.56 Å². The summed E-state index contributed by atoms with van der Waals surface area (Å²) in [5, 5.41) is 0. The van der Waals surface area contributed by atoms with Crippen molar-refractivity contribution in [1.29, 1.82) is 0 Å². The van der Waals surface area contributed by atoms with E-state index < -0.39 is 0 Å². The highest BCUT2D eigenvalue weighted by Crippen LogP contribution is 2.21. The van der Waals surface area contributed by atoms with E-state index >= 15 is 0 Å². The van der Waals surface area contributed by atoms with E-state index in [9.17, 15) is 0 Å². The summed E-state index contributed by atoms with van der Waals surface area (Å²) >= 11 is 1.10. The fraction of sp³-hybridized carbons (Fsp3) is 0.214. The average Bonchev–Trinajstić information content (AvgIpc) is 2.42. The van der Waals surface area contributed by atoms with Crippen molar-refractivity contribution in [3.63, 3.8) is 0 Å². The Hall–Kier alpha value is -1.40. The van der Waals surface area contributed by atoms with Crippen LogP contribution in [0, 0.1) is 20.8 Å². The lowest BCUT2D eigenvalue weighted by Gasteiger charge is -2.00. The van der Waals surface area contributed by atoms with Crippen LogP contribution in [0.25, 0.3) is 0 Å². The molecule has 2 N–H and O–H groups in total. The number of benzene rings is 1. The van der Waals surface area contributed by atoms with E-state index in [-0.39, 0.29) is 0 Å². The first-order chi connectivity index (χ1) is 9.13. The Morgan fingerprint density at radius 3 is 2.32 bits per heavy atom. The summed E-state index contributed by atoms with van der Waals surface area (Å²) in [6.07, 6.45) is 1.87. The predicted molar refractivity (Wildman–Crippen MR) is 77.1 cm³/mol. The van der Waals surface area contributed by atoms with Gasteiger partial charge in [-0.25, -0.2) is 0 Å². The van der Waals surface area contributed by atoms with Crippen molar-refractivity contribution < 1.29 is 9.32 Å². The van der Waals surface area contributed by atoms with Crippen LogP contribution in [-0.4, -0.2) is 4.98 Å². The Balaban J connectivity index is 0.000000200. The standard InChI is InChI=1S/C7H9NO2S.C7H9N/c1-6-4-2-3-5-7(6)11-10-9-8;1-6-3-4-7(2)8-5-6/h2-5H,8H2,1H3;3-5H,1-2H3. The van der Waals surface area contributed by atoms with Crippen LogP contribution in [0.15, 0.2) is 47.5 Å². The number of hydrogen-bond donors (Lipinski definition) is 1. The Morgan fingerprint density at radius 2 is 1.79 bits per heavy atom. The van der Waals surface area contributed by atoms with Gasteiger partial charge >= 0.3 is 0 Å². The molecule has 5 heteroatoms. The van der Waals surface area contributed by atoms with Gasteiger partial charge < -0.3 is 0 Å². The minimum Gasteiger partial charge on any atom is -0.261 e. The topological polar surface area (TPSA) is 57.4 Å². The van der Waals surface area contributed by atoms with Gasteiger partial charge in [-0.3, -0.25) is 4.98 Å². The van der Waals surface area contributed by atoms with E-state index in [0.29, 0.717) is 0 Å². The zero-order valence-corrected chi connectivity index (χ0v) is 12.1. The number of rotatable bonds is 3. The first-order valence-electron chi connectivity index (χ1n) is 5.78. The largest absolute Gasteiger partial charge is 0.261 e. The third-order valence-electron chi connectivity index (χ3n) is 2.32. The monoisotopic (exact) mass is 278 g/mol. The lowest BCUT2D eigenvalue weighted by atomic mass is 10.2. The molecule has 0 radical (unpaired) electrons. The van der Waals surface area contributed by atoms with E-state index in [4.69, 9.17) is 0 Å².